The average Bonchev–Trinajstić information content (AvgIpc) is 3.98. The summed E-state index contributed by atoms with van der Waals surface area (Å²) < 4.78 is 44.5. The standard InChI is InChI=1S/C23H25FN6O4.C19H19FN6O4/c1-14-26-13-27-30(14)17-10-16(24)5-4-15(17)11-25-20(32)18-19(31)21(33)29-8-9-34-12-23(22(29)28-18)6-2-3-7-23;1-11-9-22-24-26(11)14-8-13(20)3-2-12(14)10-21-18(28)16-17(27)19(29)25-5-7-30-6-4-15(25)23-16/h4-5,10,13,31H,2-3,6-9,11-12H2,1H3,(H,25,32);2-3,8-9,27H,4-7,10H2,1H3,(H,21,28). The van der Waals surface area contributed by atoms with E-state index in [1.54, 1.807) is 13.8 Å². The normalized spacial score (nSPS) is 15.3. The van der Waals surface area contributed by atoms with E-state index < -0.39 is 51.5 Å². The maximum absolute atomic E-state index is 13.9. The van der Waals surface area contributed by atoms with Crippen LogP contribution in [-0.2, 0) is 47.5 Å². The Bertz CT molecular complexity index is 2870. The second kappa shape index (κ2) is 18.3. The maximum atomic E-state index is 13.9. The number of aryl methyl sites for hydroxylation is 2. The first-order chi connectivity index (χ1) is 30.8. The highest BCUT2D eigenvalue weighted by molar-refractivity contribution is 5.95. The van der Waals surface area contributed by atoms with Crippen LogP contribution in [0.15, 0.2) is 58.5 Å². The maximum Gasteiger partial charge on any atom is 0.296 e. The van der Waals surface area contributed by atoms with Crippen molar-refractivity contribution in [3.05, 3.63) is 127 Å². The van der Waals surface area contributed by atoms with Crippen molar-refractivity contribution in [2.45, 2.75) is 77.5 Å². The highest BCUT2D eigenvalue weighted by Crippen LogP contribution is 2.41. The molecule has 2 aliphatic heterocycles. The van der Waals surface area contributed by atoms with E-state index in [1.165, 1.54) is 67.4 Å². The second-order valence-corrected chi connectivity index (χ2v) is 15.6. The minimum absolute atomic E-state index is 0.00153. The van der Waals surface area contributed by atoms with Gasteiger partial charge in [0.1, 0.15) is 35.4 Å². The van der Waals surface area contributed by atoms with Gasteiger partial charge in [0.15, 0.2) is 11.4 Å². The molecule has 0 saturated heterocycles. The van der Waals surface area contributed by atoms with Crippen LogP contribution < -0.4 is 21.8 Å². The van der Waals surface area contributed by atoms with Gasteiger partial charge in [-0.1, -0.05) is 30.2 Å². The van der Waals surface area contributed by atoms with E-state index in [-0.39, 0.29) is 37.6 Å². The molecule has 1 aliphatic carbocycles. The molecule has 4 N–H and O–H groups in total. The third-order valence-electron chi connectivity index (χ3n) is 11.5. The zero-order valence-corrected chi connectivity index (χ0v) is 34.9. The lowest BCUT2D eigenvalue weighted by Gasteiger charge is -2.28. The van der Waals surface area contributed by atoms with Crippen LogP contribution in [0.3, 0.4) is 0 Å². The minimum atomic E-state index is -0.719. The van der Waals surface area contributed by atoms with E-state index in [2.05, 4.69) is 41.0 Å². The lowest BCUT2D eigenvalue weighted by molar-refractivity contribution is 0.0911. The largest absolute Gasteiger partial charge is 0.501 e. The van der Waals surface area contributed by atoms with Gasteiger partial charge < -0.3 is 30.3 Å². The highest BCUT2D eigenvalue weighted by Gasteiger charge is 2.42. The van der Waals surface area contributed by atoms with Crippen molar-refractivity contribution >= 4 is 11.8 Å². The van der Waals surface area contributed by atoms with E-state index in [1.807, 2.05) is 0 Å². The Hall–Kier alpha value is -7.20. The van der Waals surface area contributed by atoms with Crippen molar-refractivity contribution in [3.63, 3.8) is 0 Å². The minimum Gasteiger partial charge on any atom is -0.501 e. The first kappa shape index (κ1) is 43.4. The summed E-state index contributed by atoms with van der Waals surface area (Å²) in [5, 5.41) is 37.9. The number of halogens is 2. The van der Waals surface area contributed by atoms with Crippen molar-refractivity contribution in [3.8, 4) is 22.9 Å². The van der Waals surface area contributed by atoms with Gasteiger partial charge in [-0.3, -0.25) is 28.3 Å². The molecule has 334 valence electrons. The predicted octanol–water partition coefficient (Wildman–Crippen LogP) is 2.23. The van der Waals surface area contributed by atoms with Crippen LogP contribution in [0.1, 0.15) is 81.0 Å². The van der Waals surface area contributed by atoms with Crippen LogP contribution >= 0.6 is 0 Å². The number of ether oxygens (including phenoxy) is 2. The molecule has 1 spiro atoms. The van der Waals surface area contributed by atoms with Crippen molar-refractivity contribution in [1.29, 1.82) is 0 Å². The van der Waals surface area contributed by atoms with E-state index in [0.717, 1.165) is 25.7 Å². The predicted molar refractivity (Wildman–Crippen MR) is 220 cm³/mol. The fourth-order valence-corrected chi connectivity index (χ4v) is 8.16. The van der Waals surface area contributed by atoms with E-state index in [9.17, 15) is 38.2 Å². The number of carbonyl (C=O) groups excluding carboxylic acids is 2. The van der Waals surface area contributed by atoms with E-state index in [4.69, 9.17) is 9.47 Å². The van der Waals surface area contributed by atoms with Gasteiger partial charge in [-0.05, 0) is 62.1 Å². The molecule has 64 heavy (non-hydrogen) atoms. The van der Waals surface area contributed by atoms with Crippen LogP contribution in [0, 0.1) is 25.5 Å². The number of rotatable bonds is 8. The average molecular weight is 883 g/mol. The smallest absolute Gasteiger partial charge is 0.296 e. The molecule has 4 aromatic heterocycles. The summed E-state index contributed by atoms with van der Waals surface area (Å²) in [4.78, 5) is 63.9. The Labute approximate surface area is 362 Å². The first-order valence-corrected chi connectivity index (χ1v) is 20.6. The van der Waals surface area contributed by atoms with Crippen LogP contribution in [0.2, 0.25) is 0 Å². The Morgan fingerprint density at radius 3 is 2.00 bits per heavy atom. The summed E-state index contributed by atoms with van der Waals surface area (Å²) >= 11 is 0. The van der Waals surface area contributed by atoms with Gasteiger partial charge in [-0.2, -0.15) is 5.10 Å². The molecule has 3 aliphatic rings. The third kappa shape index (κ3) is 8.60. The van der Waals surface area contributed by atoms with Crippen LogP contribution in [0.25, 0.3) is 11.4 Å². The summed E-state index contributed by atoms with van der Waals surface area (Å²) in [6, 6.07) is 8.19. The molecule has 9 rings (SSSR count). The lowest BCUT2D eigenvalue weighted by atomic mass is 9.86. The molecule has 0 bridgehead atoms. The fourth-order valence-electron chi connectivity index (χ4n) is 8.16. The number of aromatic nitrogens is 10. The number of carbonyl (C=O) groups is 2. The Kier molecular flexibility index (Phi) is 12.4. The SMILES string of the molecule is Cc1cnnn1-c1cc(F)ccc1CNC(=O)c1nc2n(c(=O)c1O)CCOCC2.Cc1ncnn1-c1cc(F)ccc1CNC(=O)c1nc2n(c(=O)c1O)CCOCC21CCCC1. The molecule has 22 heteroatoms. The summed E-state index contributed by atoms with van der Waals surface area (Å²) in [6.45, 7) is 5.50. The molecule has 1 fully saturated rings. The molecule has 2 aromatic carbocycles. The van der Waals surface area contributed by atoms with E-state index >= 15 is 0 Å². The number of nitrogens with zero attached hydrogens (tertiary/aromatic N) is 10. The molecule has 0 atom stereocenters. The monoisotopic (exact) mass is 882 g/mol. The van der Waals surface area contributed by atoms with Crippen LogP contribution in [-0.4, -0.2) is 97.3 Å². The summed E-state index contributed by atoms with van der Waals surface area (Å²) in [6.07, 6.45) is 6.82. The second-order valence-electron chi connectivity index (χ2n) is 15.6. The zero-order chi connectivity index (χ0) is 45.1. The van der Waals surface area contributed by atoms with Crippen molar-refractivity contribution in [2.24, 2.45) is 0 Å². The topological polar surface area (TPSA) is 248 Å². The summed E-state index contributed by atoms with van der Waals surface area (Å²) in [5.41, 5.74) is 0.245. The third-order valence-corrected chi connectivity index (χ3v) is 11.5. The number of hydrogen-bond acceptors (Lipinski definition) is 14. The zero-order valence-electron chi connectivity index (χ0n) is 34.9. The molecule has 6 aromatic rings. The Balaban J connectivity index is 0.000000176. The van der Waals surface area contributed by atoms with Gasteiger partial charge in [0.05, 0.1) is 68.2 Å². The fraction of sp³-hybridized carbons (Fsp3) is 0.381. The number of aromatic hydroxyl groups is 2. The van der Waals surface area contributed by atoms with Crippen molar-refractivity contribution in [1.82, 2.24) is 59.5 Å². The van der Waals surface area contributed by atoms with Crippen LogP contribution in [0.4, 0.5) is 8.78 Å². The van der Waals surface area contributed by atoms with Gasteiger partial charge in [-0.15, -0.1) is 5.10 Å². The van der Waals surface area contributed by atoms with Gasteiger partial charge in [-0.25, -0.2) is 33.1 Å². The molecule has 1 saturated carbocycles. The van der Waals surface area contributed by atoms with Crippen molar-refractivity contribution in [2.75, 3.05) is 26.4 Å². The molecular weight excluding hydrogens is 839 g/mol. The van der Waals surface area contributed by atoms with Crippen LogP contribution in [0.5, 0.6) is 11.5 Å². The number of nitrogens with one attached hydrogen (secondary N) is 2. The molecule has 6 heterocycles. The highest BCUT2D eigenvalue weighted by atomic mass is 19.1. The lowest BCUT2D eigenvalue weighted by Crippen LogP contribution is -2.38. The Morgan fingerprint density at radius 2 is 1.39 bits per heavy atom. The van der Waals surface area contributed by atoms with Gasteiger partial charge in [0, 0.05) is 19.5 Å². The summed E-state index contributed by atoms with van der Waals surface area (Å²) in [5.74, 6) is -2.31. The number of amides is 2. The van der Waals surface area contributed by atoms with E-state index in [0.29, 0.717) is 78.5 Å². The number of hydrogen-bond donors (Lipinski definition) is 4. The molecule has 20 nitrogen and oxygen atoms in total. The van der Waals surface area contributed by atoms with Gasteiger partial charge in [0.25, 0.3) is 22.9 Å². The van der Waals surface area contributed by atoms with Crippen molar-refractivity contribution < 1.29 is 38.1 Å². The number of fused-ring (bicyclic) bond motifs is 3. The molecule has 0 unspecified atom stereocenters. The first-order valence-electron chi connectivity index (χ1n) is 20.6. The quantitative estimate of drug-likeness (QED) is 0.171. The molecule has 0 radical (unpaired) electrons. The Morgan fingerprint density at radius 1 is 0.797 bits per heavy atom. The molecular formula is C42H44F2N12O8. The number of benzene rings is 2. The summed E-state index contributed by atoms with van der Waals surface area (Å²) in [7, 11) is 0. The van der Waals surface area contributed by atoms with Gasteiger partial charge >= 0.3 is 0 Å². The van der Waals surface area contributed by atoms with Gasteiger partial charge in [0.2, 0.25) is 11.5 Å². The molecule has 2 amide bonds.